The Balaban J connectivity index is 2.40. The minimum absolute atomic E-state index is 0.390. The average Bonchev–Trinajstić information content (AvgIpc) is 2.85. The second-order valence-corrected chi connectivity index (χ2v) is 7.02. The summed E-state index contributed by atoms with van der Waals surface area (Å²) in [7, 11) is 0. The van der Waals surface area contributed by atoms with Crippen molar-refractivity contribution in [1.29, 1.82) is 0 Å². The zero-order valence-corrected chi connectivity index (χ0v) is 14.0. The van der Waals surface area contributed by atoms with Crippen molar-refractivity contribution in [3.05, 3.63) is 16.0 Å². The van der Waals surface area contributed by atoms with Gasteiger partial charge in [-0.3, -0.25) is 9.59 Å². The number of hydrogen-bond acceptors (Lipinski definition) is 4. The van der Waals surface area contributed by atoms with Gasteiger partial charge in [-0.1, -0.05) is 13.8 Å². The summed E-state index contributed by atoms with van der Waals surface area (Å²) in [5.74, 6) is -1.69. The molecule has 1 heterocycles. The van der Waals surface area contributed by atoms with Crippen molar-refractivity contribution in [3.8, 4) is 0 Å². The molecule has 1 aromatic heterocycles. The molecule has 1 unspecified atom stereocenters. The predicted octanol–water partition coefficient (Wildman–Crippen LogP) is 2.66. The zero-order valence-electron chi connectivity index (χ0n) is 13.2. The minimum Gasteiger partial charge on any atom is -0.481 e. The number of fused-ring (bicyclic) bond motifs is 1. The van der Waals surface area contributed by atoms with Gasteiger partial charge in [0, 0.05) is 18.0 Å². The molecule has 0 aromatic carbocycles. The van der Waals surface area contributed by atoms with Crippen molar-refractivity contribution in [2.24, 2.45) is 11.7 Å². The SMILES string of the molecule is CCCN(CC(C)C(=O)O)c1sc2c(c1C(N)=O)CCCC2. The Morgan fingerprint density at radius 2 is 2.05 bits per heavy atom. The first-order chi connectivity index (χ1) is 10.5. The Morgan fingerprint density at radius 1 is 1.36 bits per heavy atom. The number of carboxylic acids is 1. The highest BCUT2D eigenvalue weighted by Gasteiger charge is 2.28. The summed E-state index contributed by atoms with van der Waals surface area (Å²) < 4.78 is 0. The van der Waals surface area contributed by atoms with Gasteiger partial charge in [-0.25, -0.2) is 0 Å². The van der Waals surface area contributed by atoms with Crippen LogP contribution in [0.15, 0.2) is 0 Å². The van der Waals surface area contributed by atoms with Crippen LogP contribution in [-0.4, -0.2) is 30.1 Å². The van der Waals surface area contributed by atoms with E-state index in [2.05, 4.69) is 6.92 Å². The number of carbonyl (C=O) groups excluding carboxylic acids is 1. The number of amides is 1. The van der Waals surface area contributed by atoms with Crippen LogP contribution in [-0.2, 0) is 17.6 Å². The Morgan fingerprint density at radius 3 is 2.64 bits per heavy atom. The number of rotatable bonds is 7. The second-order valence-electron chi connectivity index (χ2n) is 5.94. The zero-order chi connectivity index (χ0) is 16.3. The number of aryl methyl sites for hydroxylation is 1. The van der Waals surface area contributed by atoms with Crippen LogP contribution in [0.3, 0.4) is 0 Å². The lowest BCUT2D eigenvalue weighted by molar-refractivity contribution is -0.140. The van der Waals surface area contributed by atoms with Crippen LogP contribution in [0.2, 0.25) is 0 Å². The molecule has 1 aromatic rings. The van der Waals surface area contributed by atoms with Gasteiger partial charge in [0.1, 0.15) is 5.00 Å². The standard InChI is InChI=1S/C16H24N2O3S/c1-3-8-18(9-10(2)16(20)21)15-13(14(17)19)11-6-4-5-7-12(11)22-15/h10H,3-9H2,1-2H3,(H2,17,19)(H,20,21). The number of nitrogens with zero attached hydrogens (tertiary/aromatic N) is 1. The van der Waals surface area contributed by atoms with Gasteiger partial charge < -0.3 is 15.7 Å². The van der Waals surface area contributed by atoms with Crippen LogP contribution in [0.5, 0.6) is 0 Å². The molecule has 0 aliphatic heterocycles. The molecule has 122 valence electrons. The molecule has 2 rings (SSSR count). The summed E-state index contributed by atoms with van der Waals surface area (Å²) in [6.45, 7) is 4.89. The summed E-state index contributed by atoms with van der Waals surface area (Å²) in [6.07, 6.45) is 5.02. The number of aliphatic carboxylic acids is 1. The molecule has 0 saturated heterocycles. The third kappa shape index (κ3) is 3.43. The van der Waals surface area contributed by atoms with E-state index in [0.717, 1.165) is 49.2 Å². The largest absolute Gasteiger partial charge is 0.481 e. The molecule has 0 saturated carbocycles. The van der Waals surface area contributed by atoms with E-state index in [1.165, 1.54) is 4.88 Å². The van der Waals surface area contributed by atoms with E-state index < -0.39 is 17.8 Å². The molecule has 6 heteroatoms. The molecule has 5 nitrogen and oxygen atoms in total. The minimum atomic E-state index is -0.817. The molecule has 0 spiro atoms. The first kappa shape index (κ1) is 16.8. The number of carbonyl (C=O) groups is 2. The third-order valence-electron chi connectivity index (χ3n) is 4.10. The van der Waals surface area contributed by atoms with Crippen LogP contribution in [0.4, 0.5) is 5.00 Å². The van der Waals surface area contributed by atoms with Crippen molar-refractivity contribution in [2.75, 3.05) is 18.0 Å². The van der Waals surface area contributed by atoms with Crippen LogP contribution in [0.25, 0.3) is 0 Å². The molecule has 0 radical (unpaired) electrons. The van der Waals surface area contributed by atoms with E-state index in [1.54, 1.807) is 18.3 Å². The third-order valence-corrected chi connectivity index (χ3v) is 5.45. The van der Waals surface area contributed by atoms with Gasteiger partial charge in [-0.2, -0.15) is 0 Å². The van der Waals surface area contributed by atoms with E-state index in [9.17, 15) is 14.7 Å². The fourth-order valence-electron chi connectivity index (χ4n) is 2.98. The maximum Gasteiger partial charge on any atom is 0.308 e. The maximum absolute atomic E-state index is 12.0. The van der Waals surface area contributed by atoms with Crippen molar-refractivity contribution in [2.45, 2.75) is 46.0 Å². The summed E-state index contributed by atoms with van der Waals surface area (Å²) in [4.78, 5) is 26.4. The Bertz CT molecular complexity index is 568. The summed E-state index contributed by atoms with van der Waals surface area (Å²) >= 11 is 1.62. The number of hydrogen-bond donors (Lipinski definition) is 2. The highest BCUT2D eigenvalue weighted by atomic mass is 32.1. The van der Waals surface area contributed by atoms with Crippen molar-refractivity contribution in [3.63, 3.8) is 0 Å². The molecule has 0 fully saturated rings. The molecule has 1 amide bonds. The number of nitrogens with two attached hydrogens (primary N) is 1. The maximum atomic E-state index is 12.0. The lowest BCUT2D eigenvalue weighted by Crippen LogP contribution is -2.33. The van der Waals surface area contributed by atoms with E-state index in [4.69, 9.17) is 5.73 Å². The highest BCUT2D eigenvalue weighted by Crippen LogP contribution is 2.40. The molecule has 1 aliphatic carbocycles. The van der Waals surface area contributed by atoms with Gasteiger partial charge in [-0.05, 0) is 37.7 Å². The lowest BCUT2D eigenvalue weighted by Gasteiger charge is -2.25. The van der Waals surface area contributed by atoms with Gasteiger partial charge in [0.15, 0.2) is 0 Å². The summed E-state index contributed by atoms with van der Waals surface area (Å²) in [5.41, 5.74) is 7.36. The fourth-order valence-corrected chi connectivity index (χ4v) is 4.41. The quantitative estimate of drug-likeness (QED) is 0.807. The van der Waals surface area contributed by atoms with E-state index in [0.29, 0.717) is 12.1 Å². The van der Waals surface area contributed by atoms with Crippen LogP contribution >= 0.6 is 11.3 Å². The van der Waals surface area contributed by atoms with Gasteiger partial charge in [0.25, 0.3) is 5.91 Å². The smallest absolute Gasteiger partial charge is 0.308 e. The van der Waals surface area contributed by atoms with Gasteiger partial charge >= 0.3 is 5.97 Å². The topological polar surface area (TPSA) is 83.6 Å². The Kier molecular flexibility index (Phi) is 5.45. The van der Waals surface area contributed by atoms with Crippen LogP contribution < -0.4 is 10.6 Å². The number of thiophene rings is 1. The molecular formula is C16H24N2O3S. The van der Waals surface area contributed by atoms with Gasteiger partial charge in [0.2, 0.25) is 0 Å². The van der Waals surface area contributed by atoms with E-state index in [-0.39, 0.29) is 0 Å². The van der Waals surface area contributed by atoms with Gasteiger partial charge in [-0.15, -0.1) is 11.3 Å². The average molecular weight is 324 g/mol. The van der Waals surface area contributed by atoms with Crippen molar-refractivity contribution >= 4 is 28.2 Å². The predicted molar refractivity (Wildman–Crippen MR) is 88.8 cm³/mol. The highest BCUT2D eigenvalue weighted by molar-refractivity contribution is 7.16. The molecule has 1 atom stereocenters. The number of anilines is 1. The van der Waals surface area contributed by atoms with Crippen molar-refractivity contribution < 1.29 is 14.7 Å². The van der Waals surface area contributed by atoms with E-state index in [1.807, 2.05) is 4.90 Å². The normalized spacial score (nSPS) is 15.2. The number of carboxylic acid groups (broad SMARTS) is 1. The molecular weight excluding hydrogens is 300 g/mol. The Hall–Kier alpha value is -1.56. The van der Waals surface area contributed by atoms with Crippen LogP contribution in [0.1, 0.15) is 53.9 Å². The van der Waals surface area contributed by atoms with Gasteiger partial charge in [0.05, 0.1) is 11.5 Å². The molecule has 1 aliphatic rings. The first-order valence-corrected chi connectivity index (χ1v) is 8.69. The molecule has 0 bridgehead atoms. The number of primary amides is 1. The Labute approximate surface area is 135 Å². The molecule has 22 heavy (non-hydrogen) atoms. The molecule has 3 N–H and O–H groups in total. The monoisotopic (exact) mass is 324 g/mol. The van der Waals surface area contributed by atoms with E-state index >= 15 is 0 Å². The second kappa shape index (κ2) is 7.13. The van der Waals surface area contributed by atoms with Crippen molar-refractivity contribution in [1.82, 2.24) is 0 Å². The summed E-state index contributed by atoms with van der Waals surface area (Å²) in [6, 6.07) is 0. The summed E-state index contributed by atoms with van der Waals surface area (Å²) in [5, 5.41) is 10.0. The first-order valence-electron chi connectivity index (χ1n) is 7.87. The lowest BCUT2D eigenvalue weighted by atomic mass is 9.95. The fraction of sp³-hybridized carbons (Fsp3) is 0.625. The van der Waals surface area contributed by atoms with Crippen LogP contribution in [0, 0.1) is 5.92 Å².